The topological polar surface area (TPSA) is 93.6 Å². The molecular weight excluding hydrogens is 594 g/mol. The molecule has 1 aliphatic heterocycles. The van der Waals surface area contributed by atoms with Gasteiger partial charge in [-0.3, -0.25) is 0 Å². The van der Waals surface area contributed by atoms with Crippen LogP contribution in [0, 0.1) is 5.41 Å². The molecule has 4 aromatic carbocycles. The molecule has 6 rings (SSSR count). The molecule has 6 nitrogen and oxygen atoms in total. The molecule has 1 aromatic heterocycles. The van der Waals surface area contributed by atoms with Crippen molar-refractivity contribution in [3.05, 3.63) is 155 Å². The molecule has 0 saturated carbocycles. The lowest BCUT2D eigenvalue weighted by Crippen LogP contribution is -2.37. The summed E-state index contributed by atoms with van der Waals surface area (Å²) in [5, 5.41) is 13.0. The SMILES string of the molecule is CC(C)(C)C(C1=C(O)C(Cc2ccccc2)(Cc2ccccc2)OC1=O)c1cccc(CS(=O)(=O)c2ccc3ccccc3n2)c1. The molecule has 0 aliphatic carbocycles. The van der Waals surface area contributed by atoms with Crippen molar-refractivity contribution < 1.29 is 23.1 Å². The van der Waals surface area contributed by atoms with E-state index in [1.54, 1.807) is 24.3 Å². The van der Waals surface area contributed by atoms with E-state index < -0.39 is 32.7 Å². The van der Waals surface area contributed by atoms with E-state index in [9.17, 15) is 18.3 Å². The molecule has 0 amide bonds. The average molecular weight is 632 g/mol. The lowest BCUT2D eigenvalue weighted by Gasteiger charge is -2.32. The van der Waals surface area contributed by atoms with Crippen LogP contribution in [0.25, 0.3) is 10.9 Å². The number of pyridine rings is 1. The van der Waals surface area contributed by atoms with Crippen LogP contribution in [0.4, 0.5) is 0 Å². The first kappa shape index (κ1) is 31.2. The van der Waals surface area contributed by atoms with Crippen LogP contribution in [-0.4, -0.2) is 30.1 Å². The summed E-state index contributed by atoms with van der Waals surface area (Å²) in [6.07, 6.45) is 0.607. The van der Waals surface area contributed by atoms with Gasteiger partial charge in [0.1, 0.15) is 5.76 Å². The summed E-state index contributed by atoms with van der Waals surface area (Å²) >= 11 is 0. The predicted molar refractivity (Wildman–Crippen MR) is 180 cm³/mol. The zero-order valence-electron chi connectivity index (χ0n) is 26.2. The third kappa shape index (κ3) is 6.33. The molecule has 234 valence electrons. The van der Waals surface area contributed by atoms with Gasteiger partial charge in [-0.1, -0.05) is 124 Å². The fourth-order valence-corrected chi connectivity index (χ4v) is 7.79. The van der Waals surface area contributed by atoms with Crippen molar-refractivity contribution in [3.63, 3.8) is 0 Å². The fourth-order valence-electron chi connectivity index (χ4n) is 6.51. The van der Waals surface area contributed by atoms with Crippen molar-refractivity contribution in [1.29, 1.82) is 0 Å². The van der Waals surface area contributed by atoms with Gasteiger partial charge in [-0.2, -0.15) is 0 Å². The minimum absolute atomic E-state index is 0.00954. The van der Waals surface area contributed by atoms with E-state index >= 15 is 0 Å². The summed E-state index contributed by atoms with van der Waals surface area (Å²) in [4.78, 5) is 18.3. The fraction of sp³-hybridized carbons (Fsp3) is 0.231. The first-order valence-corrected chi connectivity index (χ1v) is 17.0. The molecule has 46 heavy (non-hydrogen) atoms. The van der Waals surface area contributed by atoms with Gasteiger partial charge in [-0.05, 0) is 45.9 Å². The van der Waals surface area contributed by atoms with Crippen LogP contribution in [0.3, 0.4) is 0 Å². The predicted octanol–water partition coefficient (Wildman–Crippen LogP) is 7.93. The van der Waals surface area contributed by atoms with E-state index in [1.165, 1.54) is 6.07 Å². The van der Waals surface area contributed by atoms with Gasteiger partial charge in [0.05, 0.1) is 16.8 Å². The summed E-state index contributed by atoms with van der Waals surface area (Å²) in [6.45, 7) is 6.01. The van der Waals surface area contributed by atoms with E-state index in [-0.39, 0.29) is 22.1 Å². The van der Waals surface area contributed by atoms with Gasteiger partial charge in [0.15, 0.2) is 20.5 Å². The Morgan fingerprint density at radius 3 is 1.98 bits per heavy atom. The van der Waals surface area contributed by atoms with Gasteiger partial charge in [0.2, 0.25) is 0 Å². The molecule has 7 heteroatoms. The van der Waals surface area contributed by atoms with Crippen LogP contribution < -0.4 is 0 Å². The van der Waals surface area contributed by atoms with Crippen LogP contribution in [-0.2, 0) is 38.0 Å². The molecule has 0 bridgehead atoms. The minimum atomic E-state index is -3.78. The number of carbonyl (C=O) groups is 1. The number of aliphatic hydroxyl groups is 1. The summed E-state index contributed by atoms with van der Waals surface area (Å²) in [6, 6.07) is 37.3. The van der Waals surface area contributed by atoms with Crippen molar-refractivity contribution in [3.8, 4) is 0 Å². The molecule has 1 atom stereocenters. The first-order chi connectivity index (χ1) is 22.0. The number of hydrogen-bond acceptors (Lipinski definition) is 6. The Morgan fingerprint density at radius 2 is 1.35 bits per heavy atom. The zero-order valence-corrected chi connectivity index (χ0v) is 27.0. The number of aliphatic hydroxyl groups excluding tert-OH is 1. The highest BCUT2D eigenvalue weighted by Gasteiger charge is 2.52. The highest BCUT2D eigenvalue weighted by atomic mass is 32.2. The minimum Gasteiger partial charge on any atom is -0.507 e. The second-order valence-corrected chi connectivity index (χ2v) is 15.1. The third-order valence-electron chi connectivity index (χ3n) is 8.55. The normalized spacial score (nSPS) is 15.6. The first-order valence-electron chi connectivity index (χ1n) is 15.4. The van der Waals surface area contributed by atoms with E-state index in [0.717, 1.165) is 22.1 Å². The van der Waals surface area contributed by atoms with Gasteiger partial charge in [-0.25, -0.2) is 18.2 Å². The van der Waals surface area contributed by atoms with E-state index in [1.807, 2.05) is 112 Å². The van der Waals surface area contributed by atoms with Crippen LogP contribution in [0.2, 0.25) is 0 Å². The van der Waals surface area contributed by atoms with Crippen molar-refractivity contribution >= 4 is 26.7 Å². The Morgan fingerprint density at radius 1 is 0.761 bits per heavy atom. The third-order valence-corrected chi connectivity index (χ3v) is 10.1. The molecule has 0 fully saturated rings. The molecule has 2 heterocycles. The number of cyclic esters (lactones) is 1. The molecule has 0 spiro atoms. The summed E-state index contributed by atoms with van der Waals surface area (Å²) in [7, 11) is -3.78. The van der Waals surface area contributed by atoms with Crippen molar-refractivity contribution in [2.75, 3.05) is 0 Å². The number of ether oxygens (including phenoxy) is 1. The van der Waals surface area contributed by atoms with Crippen LogP contribution in [0.1, 0.15) is 48.9 Å². The number of aromatic nitrogens is 1. The quantitative estimate of drug-likeness (QED) is 0.166. The Labute approximate surface area is 270 Å². The number of esters is 1. The Balaban J connectivity index is 1.40. The highest BCUT2D eigenvalue weighted by Crippen LogP contribution is 2.49. The molecule has 0 radical (unpaired) electrons. The number of para-hydroxylation sites is 1. The van der Waals surface area contributed by atoms with Crippen molar-refractivity contribution in [2.45, 2.75) is 55.9 Å². The Kier molecular flexibility index (Phi) is 8.30. The smallest absolute Gasteiger partial charge is 0.339 e. The lowest BCUT2D eigenvalue weighted by atomic mass is 9.71. The van der Waals surface area contributed by atoms with Crippen LogP contribution in [0.15, 0.2) is 138 Å². The van der Waals surface area contributed by atoms with Crippen LogP contribution in [0.5, 0.6) is 0 Å². The average Bonchev–Trinajstić information content (AvgIpc) is 3.25. The molecule has 0 saturated heterocycles. The number of rotatable bonds is 9. The zero-order chi connectivity index (χ0) is 32.5. The molecule has 1 N–H and O–H groups in total. The van der Waals surface area contributed by atoms with Crippen molar-refractivity contribution in [1.82, 2.24) is 4.98 Å². The van der Waals surface area contributed by atoms with Gasteiger partial charge < -0.3 is 9.84 Å². The molecular formula is C39H37NO5S. The number of benzene rings is 4. The number of carbonyl (C=O) groups excluding carboxylic acids is 1. The van der Waals surface area contributed by atoms with E-state index in [2.05, 4.69) is 4.98 Å². The molecule has 5 aromatic rings. The molecule has 1 aliphatic rings. The second kappa shape index (κ2) is 12.2. The largest absolute Gasteiger partial charge is 0.507 e. The summed E-state index contributed by atoms with van der Waals surface area (Å²) < 4.78 is 33.3. The molecule has 1 unspecified atom stereocenters. The second-order valence-electron chi connectivity index (χ2n) is 13.1. The van der Waals surface area contributed by atoms with Gasteiger partial charge in [0, 0.05) is 24.1 Å². The van der Waals surface area contributed by atoms with Crippen LogP contribution >= 0.6 is 0 Å². The Hall–Kier alpha value is -4.75. The maximum absolute atomic E-state index is 13.9. The lowest BCUT2D eigenvalue weighted by molar-refractivity contribution is -0.148. The highest BCUT2D eigenvalue weighted by molar-refractivity contribution is 7.90. The Bertz CT molecular complexity index is 1990. The number of nitrogens with zero attached hydrogens (tertiary/aromatic N) is 1. The number of sulfone groups is 1. The maximum Gasteiger partial charge on any atom is 0.339 e. The van der Waals surface area contributed by atoms with Gasteiger partial charge in [0.25, 0.3) is 0 Å². The number of hydrogen-bond donors (Lipinski definition) is 1. The van der Waals surface area contributed by atoms with E-state index in [0.29, 0.717) is 23.9 Å². The van der Waals surface area contributed by atoms with Gasteiger partial charge in [-0.15, -0.1) is 0 Å². The monoisotopic (exact) mass is 631 g/mol. The maximum atomic E-state index is 13.9. The van der Waals surface area contributed by atoms with Gasteiger partial charge >= 0.3 is 5.97 Å². The summed E-state index contributed by atoms with van der Waals surface area (Å²) in [5.74, 6) is -1.48. The van der Waals surface area contributed by atoms with E-state index in [4.69, 9.17) is 4.74 Å². The van der Waals surface area contributed by atoms with Crippen molar-refractivity contribution in [2.24, 2.45) is 5.41 Å². The standard InChI is InChI=1S/C39H37NO5S/c1-38(2,3)35(31-19-12-17-29(23-31)26-46(43,44)33-22-21-30-18-10-11-20-32(30)40-33)34-36(41)39(45-37(34)42,24-27-13-6-4-7-14-27)25-28-15-8-5-9-16-28/h4-23,35,41H,24-26H2,1-3H3. The number of fused-ring (bicyclic) bond motifs is 1. The summed E-state index contributed by atoms with van der Waals surface area (Å²) in [5.41, 5.74) is 2.14.